The zero-order valence-corrected chi connectivity index (χ0v) is 11.6. The molecule has 3 fully saturated rings. The van der Waals surface area contributed by atoms with E-state index in [1.54, 1.807) is 0 Å². The lowest BCUT2D eigenvalue weighted by atomic mass is 9.91. The minimum absolute atomic E-state index is 0.0585. The van der Waals surface area contributed by atoms with Crippen molar-refractivity contribution in [2.75, 3.05) is 26.2 Å². The summed E-state index contributed by atoms with van der Waals surface area (Å²) in [4.78, 5) is 5.27. The van der Waals surface area contributed by atoms with Crippen LogP contribution in [0.1, 0.15) is 51.4 Å². The standard InChI is InChI=1S/C15H28N2O/c18-15-8-4-3-7-14(15)17-11-9-16(10-12-17)13-5-1-2-6-13/h13-15,18H,1-12H2/t14-,15-/m1/s1. The average molecular weight is 252 g/mol. The fourth-order valence-electron chi connectivity index (χ4n) is 4.22. The molecule has 1 N–H and O–H groups in total. The first-order valence-electron chi connectivity index (χ1n) is 8.01. The molecular weight excluding hydrogens is 224 g/mol. The van der Waals surface area contributed by atoms with Crippen molar-refractivity contribution < 1.29 is 5.11 Å². The van der Waals surface area contributed by atoms with E-state index in [1.165, 1.54) is 71.1 Å². The average Bonchev–Trinajstić information content (AvgIpc) is 2.94. The maximum Gasteiger partial charge on any atom is 0.0695 e. The normalized spacial score (nSPS) is 37.2. The van der Waals surface area contributed by atoms with Gasteiger partial charge in [0.15, 0.2) is 0 Å². The Labute approximate surface area is 111 Å². The van der Waals surface area contributed by atoms with E-state index in [9.17, 15) is 5.11 Å². The number of hydrogen-bond donors (Lipinski definition) is 1. The number of aliphatic hydroxyl groups is 1. The molecule has 0 aromatic carbocycles. The van der Waals surface area contributed by atoms with Crippen LogP contribution in [0.2, 0.25) is 0 Å². The van der Waals surface area contributed by atoms with E-state index in [4.69, 9.17) is 0 Å². The van der Waals surface area contributed by atoms with E-state index >= 15 is 0 Å². The molecule has 3 rings (SSSR count). The van der Waals surface area contributed by atoms with Crippen molar-refractivity contribution in [2.45, 2.75) is 69.6 Å². The summed E-state index contributed by atoms with van der Waals surface area (Å²) < 4.78 is 0. The highest BCUT2D eigenvalue weighted by atomic mass is 16.3. The van der Waals surface area contributed by atoms with Gasteiger partial charge in [0.05, 0.1) is 6.10 Å². The topological polar surface area (TPSA) is 26.7 Å². The molecule has 2 atom stereocenters. The summed E-state index contributed by atoms with van der Waals surface area (Å²) in [5, 5.41) is 10.1. The van der Waals surface area contributed by atoms with Gasteiger partial charge in [0.25, 0.3) is 0 Å². The molecule has 3 heteroatoms. The number of aliphatic hydroxyl groups excluding tert-OH is 1. The predicted molar refractivity (Wildman–Crippen MR) is 73.7 cm³/mol. The van der Waals surface area contributed by atoms with Crippen LogP contribution in [-0.2, 0) is 0 Å². The molecule has 0 aromatic heterocycles. The third-order valence-corrected chi connectivity index (χ3v) is 5.35. The van der Waals surface area contributed by atoms with Crippen LogP contribution in [0.5, 0.6) is 0 Å². The molecule has 0 bridgehead atoms. The molecule has 0 amide bonds. The summed E-state index contributed by atoms with van der Waals surface area (Å²) in [6.45, 7) is 4.82. The predicted octanol–water partition coefficient (Wildman–Crippen LogP) is 1.85. The van der Waals surface area contributed by atoms with Gasteiger partial charge in [-0.3, -0.25) is 9.80 Å². The summed E-state index contributed by atoms with van der Waals surface area (Å²) in [6.07, 6.45) is 10.4. The molecule has 1 saturated heterocycles. The number of rotatable bonds is 2. The lowest BCUT2D eigenvalue weighted by Gasteiger charge is -2.44. The van der Waals surface area contributed by atoms with Gasteiger partial charge in [-0.05, 0) is 25.7 Å². The van der Waals surface area contributed by atoms with E-state index in [1.807, 2.05) is 0 Å². The molecule has 1 aliphatic heterocycles. The fraction of sp³-hybridized carbons (Fsp3) is 1.00. The molecule has 3 aliphatic rings. The highest BCUT2D eigenvalue weighted by Gasteiger charge is 2.32. The summed E-state index contributed by atoms with van der Waals surface area (Å²) >= 11 is 0. The minimum atomic E-state index is -0.0585. The zero-order valence-electron chi connectivity index (χ0n) is 11.6. The first-order chi connectivity index (χ1) is 8.84. The number of nitrogens with zero attached hydrogens (tertiary/aromatic N) is 2. The van der Waals surface area contributed by atoms with E-state index in [0.717, 1.165) is 12.5 Å². The molecule has 0 unspecified atom stereocenters. The van der Waals surface area contributed by atoms with Crippen molar-refractivity contribution in [3.8, 4) is 0 Å². The van der Waals surface area contributed by atoms with Crippen LogP contribution in [0.4, 0.5) is 0 Å². The van der Waals surface area contributed by atoms with Crippen LogP contribution < -0.4 is 0 Å². The Balaban J connectivity index is 1.49. The smallest absolute Gasteiger partial charge is 0.0695 e. The van der Waals surface area contributed by atoms with Gasteiger partial charge < -0.3 is 5.11 Å². The SMILES string of the molecule is O[C@@H]1CCCC[C@H]1N1CCN(C2CCCC2)CC1. The second-order valence-corrected chi connectivity index (χ2v) is 6.43. The molecule has 104 valence electrons. The van der Waals surface area contributed by atoms with Gasteiger partial charge in [-0.2, -0.15) is 0 Å². The second-order valence-electron chi connectivity index (χ2n) is 6.43. The summed E-state index contributed by atoms with van der Waals surface area (Å²) in [7, 11) is 0. The van der Waals surface area contributed by atoms with Crippen LogP contribution in [0.25, 0.3) is 0 Å². The lowest BCUT2D eigenvalue weighted by molar-refractivity contribution is -0.0101. The van der Waals surface area contributed by atoms with Crippen LogP contribution in [0, 0.1) is 0 Å². The molecule has 0 radical (unpaired) electrons. The fourth-order valence-corrected chi connectivity index (χ4v) is 4.22. The van der Waals surface area contributed by atoms with Gasteiger partial charge in [0.2, 0.25) is 0 Å². The third kappa shape index (κ3) is 2.73. The Morgan fingerprint density at radius 2 is 1.22 bits per heavy atom. The van der Waals surface area contributed by atoms with Crippen molar-refractivity contribution in [2.24, 2.45) is 0 Å². The molecule has 2 saturated carbocycles. The van der Waals surface area contributed by atoms with E-state index in [0.29, 0.717) is 6.04 Å². The molecule has 18 heavy (non-hydrogen) atoms. The largest absolute Gasteiger partial charge is 0.391 e. The van der Waals surface area contributed by atoms with E-state index in [2.05, 4.69) is 9.80 Å². The third-order valence-electron chi connectivity index (χ3n) is 5.35. The summed E-state index contributed by atoms with van der Waals surface area (Å²) in [5.74, 6) is 0. The van der Waals surface area contributed by atoms with Crippen LogP contribution in [0.15, 0.2) is 0 Å². The Bertz CT molecular complexity index is 257. The van der Waals surface area contributed by atoms with Crippen molar-refractivity contribution in [1.82, 2.24) is 9.80 Å². The highest BCUT2D eigenvalue weighted by molar-refractivity contribution is 4.88. The molecule has 1 heterocycles. The first kappa shape index (κ1) is 12.9. The number of piperazine rings is 1. The van der Waals surface area contributed by atoms with Gasteiger partial charge >= 0.3 is 0 Å². The zero-order chi connectivity index (χ0) is 12.4. The maximum absolute atomic E-state index is 10.1. The van der Waals surface area contributed by atoms with Crippen LogP contribution >= 0.6 is 0 Å². The van der Waals surface area contributed by atoms with Crippen molar-refractivity contribution in [3.63, 3.8) is 0 Å². The summed E-state index contributed by atoms with van der Waals surface area (Å²) in [6, 6.07) is 1.34. The van der Waals surface area contributed by atoms with Crippen LogP contribution in [-0.4, -0.2) is 59.3 Å². The van der Waals surface area contributed by atoms with E-state index < -0.39 is 0 Å². The molecule has 2 aliphatic carbocycles. The minimum Gasteiger partial charge on any atom is -0.391 e. The number of hydrogen-bond acceptors (Lipinski definition) is 3. The van der Waals surface area contributed by atoms with Gasteiger partial charge in [0, 0.05) is 38.3 Å². The lowest BCUT2D eigenvalue weighted by Crippen LogP contribution is -2.56. The highest BCUT2D eigenvalue weighted by Crippen LogP contribution is 2.27. The van der Waals surface area contributed by atoms with Crippen LogP contribution in [0.3, 0.4) is 0 Å². The summed E-state index contributed by atoms with van der Waals surface area (Å²) in [5.41, 5.74) is 0. The van der Waals surface area contributed by atoms with Crippen molar-refractivity contribution in [3.05, 3.63) is 0 Å². The maximum atomic E-state index is 10.1. The molecule has 0 aromatic rings. The Hall–Kier alpha value is -0.120. The van der Waals surface area contributed by atoms with Crippen molar-refractivity contribution in [1.29, 1.82) is 0 Å². The Kier molecular flexibility index (Phi) is 4.22. The molecule has 0 spiro atoms. The van der Waals surface area contributed by atoms with Gasteiger partial charge in [0.1, 0.15) is 0 Å². The molecular formula is C15H28N2O. The monoisotopic (exact) mass is 252 g/mol. The first-order valence-corrected chi connectivity index (χ1v) is 8.01. The quantitative estimate of drug-likeness (QED) is 0.812. The second kappa shape index (κ2) is 5.89. The van der Waals surface area contributed by atoms with Gasteiger partial charge in [-0.1, -0.05) is 25.7 Å². The van der Waals surface area contributed by atoms with Crippen molar-refractivity contribution >= 4 is 0 Å². The Morgan fingerprint density at radius 1 is 0.667 bits per heavy atom. The van der Waals surface area contributed by atoms with E-state index in [-0.39, 0.29) is 6.10 Å². The van der Waals surface area contributed by atoms with Gasteiger partial charge in [-0.15, -0.1) is 0 Å². The Morgan fingerprint density at radius 3 is 1.89 bits per heavy atom. The van der Waals surface area contributed by atoms with Gasteiger partial charge in [-0.25, -0.2) is 0 Å². The molecule has 3 nitrogen and oxygen atoms in total.